The van der Waals surface area contributed by atoms with Crippen LogP contribution in [-0.2, 0) is 0 Å². The lowest BCUT2D eigenvalue weighted by Crippen LogP contribution is -1.99. The molecular formula is C40H25N5S. The first-order valence-corrected chi connectivity index (χ1v) is 16.0. The van der Waals surface area contributed by atoms with Crippen LogP contribution in [0.1, 0.15) is 0 Å². The second-order valence-electron chi connectivity index (χ2n) is 11.2. The van der Waals surface area contributed by atoms with Crippen LogP contribution in [-0.4, -0.2) is 24.3 Å². The Balaban J connectivity index is 1.20. The predicted molar refractivity (Wildman–Crippen MR) is 189 cm³/mol. The van der Waals surface area contributed by atoms with E-state index in [1.165, 1.54) is 25.7 Å². The van der Waals surface area contributed by atoms with Crippen LogP contribution in [0.15, 0.2) is 152 Å². The molecule has 0 atom stereocenters. The number of aromatic nitrogens is 5. The number of hydrogen-bond donors (Lipinski definition) is 0. The number of fused-ring (bicyclic) bond motifs is 4. The fourth-order valence-electron chi connectivity index (χ4n) is 6.13. The zero-order valence-electron chi connectivity index (χ0n) is 24.6. The molecular weight excluding hydrogens is 583 g/mol. The van der Waals surface area contributed by atoms with Gasteiger partial charge in [-0.05, 0) is 35.4 Å². The average molecular weight is 608 g/mol. The molecule has 0 fully saturated rings. The Labute approximate surface area is 269 Å². The number of imidazole rings is 1. The topological polar surface area (TPSA) is 56.0 Å². The van der Waals surface area contributed by atoms with Crippen LogP contribution >= 0.6 is 11.3 Å². The van der Waals surface area contributed by atoms with Gasteiger partial charge in [0.25, 0.3) is 0 Å². The van der Waals surface area contributed by atoms with E-state index in [4.69, 9.17) is 19.9 Å². The summed E-state index contributed by atoms with van der Waals surface area (Å²) >= 11 is 1.80. The molecule has 0 aliphatic heterocycles. The molecule has 5 aromatic carbocycles. The summed E-state index contributed by atoms with van der Waals surface area (Å²) in [6.07, 6.45) is 4.14. The average Bonchev–Trinajstić information content (AvgIpc) is 3.74. The first-order chi connectivity index (χ1) is 22.8. The second-order valence-corrected chi connectivity index (χ2v) is 12.3. The van der Waals surface area contributed by atoms with Gasteiger partial charge in [0.05, 0.1) is 5.69 Å². The van der Waals surface area contributed by atoms with Crippen LogP contribution < -0.4 is 0 Å². The van der Waals surface area contributed by atoms with Crippen molar-refractivity contribution in [1.82, 2.24) is 24.3 Å². The van der Waals surface area contributed by atoms with E-state index in [1.807, 2.05) is 85.1 Å². The molecule has 6 heteroatoms. The molecule has 0 saturated heterocycles. The third kappa shape index (κ3) is 4.55. The molecule has 0 aliphatic carbocycles. The monoisotopic (exact) mass is 607 g/mol. The highest BCUT2D eigenvalue weighted by Gasteiger charge is 2.18. The van der Waals surface area contributed by atoms with Crippen molar-refractivity contribution in [2.24, 2.45) is 0 Å². The van der Waals surface area contributed by atoms with Crippen LogP contribution in [0.25, 0.3) is 82.4 Å². The Bertz CT molecular complexity index is 2440. The number of benzene rings is 5. The highest BCUT2D eigenvalue weighted by atomic mass is 32.1. The molecule has 0 aliphatic rings. The Kier molecular flexibility index (Phi) is 6.25. The van der Waals surface area contributed by atoms with Crippen LogP contribution in [0.5, 0.6) is 0 Å². The maximum Gasteiger partial charge on any atom is 0.164 e. The predicted octanol–water partition coefficient (Wildman–Crippen LogP) is 10.2. The van der Waals surface area contributed by atoms with Crippen molar-refractivity contribution < 1.29 is 0 Å². The summed E-state index contributed by atoms with van der Waals surface area (Å²) in [6, 6.07) is 48.0. The van der Waals surface area contributed by atoms with E-state index < -0.39 is 0 Å². The van der Waals surface area contributed by atoms with Crippen molar-refractivity contribution in [1.29, 1.82) is 0 Å². The highest BCUT2D eigenvalue weighted by Crippen LogP contribution is 2.43. The van der Waals surface area contributed by atoms with E-state index in [9.17, 15) is 0 Å². The number of hydrogen-bond acceptors (Lipinski definition) is 5. The second kappa shape index (κ2) is 10.9. The molecule has 5 nitrogen and oxygen atoms in total. The molecule has 4 aromatic heterocycles. The number of rotatable bonds is 5. The van der Waals surface area contributed by atoms with E-state index in [2.05, 4.69) is 71.3 Å². The lowest BCUT2D eigenvalue weighted by molar-refractivity contribution is 1.07. The van der Waals surface area contributed by atoms with E-state index in [0.717, 1.165) is 39.2 Å². The molecule has 0 unspecified atom stereocenters. The molecule has 216 valence electrons. The zero-order chi connectivity index (χ0) is 30.5. The Morgan fingerprint density at radius 3 is 1.80 bits per heavy atom. The van der Waals surface area contributed by atoms with E-state index in [0.29, 0.717) is 17.5 Å². The lowest BCUT2D eigenvalue weighted by atomic mass is 9.94. The van der Waals surface area contributed by atoms with Crippen molar-refractivity contribution in [3.05, 3.63) is 152 Å². The van der Waals surface area contributed by atoms with E-state index >= 15 is 0 Å². The van der Waals surface area contributed by atoms with Gasteiger partial charge in [-0.3, -0.25) is 0 Å². The third-order valence-electron chi connectivity index (χ3n) is 8.31. The molecule has 0 radical (unpaired) electrons. The van der Waals surface area contributed by atoms with Gasteiger partial charge in [-0.15, -0.1) is 11.3 Å². The molecule has 46 heavy (non-hydrogen) atoms. The van der Waals surface area contributed by atoms with Gasteiger partial charge in [0.1, 0.15) is 5.65 Å². The van der Waals surface area contributed by atoms with Gasteiger partial charge in [-0.25, -0.2) is 19.9 Å². The fraction of sp³-hybridized carbons (Fsp3) is 0. The molecule has 0 amide bonds. The minimum Gasteiger partial charge on any atom is -0.306 e. The smallest absolute Gasteiger partial charge is 0.164 e. The SMILES string of the molecule is c1ccc(-c2nc(-c3ccccc3)nc(-c3ccc4c(c3)sc3cccc(-c5ccccc5-c5cn6ccccc6n5)c34)n2)cc1. The van der Waals surface area contributed by atoms with Crippen LogP contribution in [0.4, 0.5) is 0 Å². The van der Waals surface area contributed by atoms with E-state index in [-0.39, 0.29) is 0 Å². The zero-order valence-corrected chi connectivity index (χ0v) is 25.4. The molecule has 9 aromatic rings. The highest BCUT2D eigenvalue weighted by molar-refractivity contribution is 7.26. The van der Waals surface area contributed by atoms with Gasteiger partial charge in [0, 0.05) is 54.8 Å². The summed E-state index contributed by atoms with van der Waals surface area (Å²) in [5.74, 6) is 1.97. The van der Waals surface area contributed by atoms with Gasteiger partial charge in [-0.2, -0.15) is 0 Å². The summed E-state index contributed by atoms with van der Waals surface area (Å²) in [5, 5.41) is 2.46. The summed E-state index contributed by atoms with van der Waals surface area (Å²) in [6.45, 7) is 0. The van der Waals surface area contributed by atoms with Gasteiger partial charge in [0.15, 0.2) is 17.5 Å². The van der Waals surface area contributed by atoms with Gasteiger partial charge in [0.2, 0.25) is 0 Å². The normalized spacial score (nSPS) is 11.5. The minimum atomic E-state index is 0.657. The largest absolute Gasteiger partial charge is 0.306 e. The maximum absolute atomic E-state index is 4.96. The molecule has 0 bridgehead atoms. The molecule has 0 saturated carbocycles. The summed E-state index contributed by atoms with van der Waals surface area (Å²) in [5.41, 5.74) is 8.24. The van der Waals surface area contributed by atoms with Crippen LogP contribution in [0.3, 0.4) is 0 Å². The maximum atomic E-state index is 4.96. The van der Waals surface area contributed by atoms with E-state index in [1.54, 1.807) is 11.3 Å². The molecule has 0 N–H and O–H groups in total. The Morgan fingerprint density at radius 2 is 1.09 bits per heavy atom. The van der Waals surface area contributed by atoms with Gasteiger partial charge >= 0.3 is 0 Å². The third-order valence-corrected chi connectivity index (χ3v) is 9.43. The molecule has 0 spiro atoms. The lowest BCUT2D eigenvalue weighted by Gasteiger charge is -2.10. The van der Waals surface area contributed by atoms with Gasteiger partial charge in [-0.1, -0.05) is 115 Å². The van der Waals surface area contributed by atoms with Crippen LogP contribution in [0.2, 0.25) is 0 Å². The minimum absolute atomic E-state index is 0.657. The first-order valence-electron chi connectivity index (χ1n) is 15.1. The summed E-state index contributed by atoms with van der Waals surface area (Å²) in [7, 11) is 0. The molecule has 9 rings (SSSR count). The van der Waals surface area contributed by atoms with Crippen molar-refractivity contribution in [3.8, 4) is 56.5 Å². The number of thiophene rings is 1. The molecule has 4 heterocycles. The number of nitrogens with zero attached hydrogens (tertiary/aromatic N) is 5. The van der Waals surface area contributed by atoms with Crippen molar-refractivity contribution in [3.63, 3.8) is 0 Å². The fourth-order valence-corrected chi connectivity index (χ4v) is 7.30. The van der Waals surface area contributed by atoms with Crippen molar-refractivity contribution in [2.75, 3.05) is 0 Å². The summed E-state index contributed by atoms with van der Waals surface area (Å²) in [4.78, 5) is 19.7. The first kappa shape index (κ1) is 26.4. The quantitative estimate of drug-likeness (QED) is 0.195. The Morgan fingerprint density at radius 1 is 0.457 bits per heavy atom. The van der Waals surface area contributed by atoms with Crippen molar-refractivity contribution >= 4 is 37.2 Å². The van der Waals surface area contributed by atoms with Crippen molar-refractivity contribution in [2.45, 2.75) is 0 Å². The van der Waals surface area contributed by atoms with Gasteiger partial charge < -0.3 is 4.40 Å². The Hall–Kier alpha value is -5.98. The van der Waals surface area contributed by atoms with Crippen LogP contribution in [0, 0.1) is 0 Å². The summed E-state index contributed by atoms with van der Waals surface area (Å²) < 4.78 is 4.50. The standard InChI is InChI=1S/C40H25N5S/c1-3-12-26(13-4-1)38-42-39(27-14-5-2-6-15-27)44-40(43-38)28-21-22-32-35(24-28)46-34-19-11-18-31(37(32)34)29-16-7-8-17-30(29)33-25-45-23-10-9-20-36(45)41-33/h1-25H. The number of pyridine rings is 1.